The fraction of sp³-hybridized carbons (Fsp3) is 0.333. The van der Waals surface area contributed by atoms with Gasteiger partial charge in [0.25, 0.3) is 0 Å². The number of likely N-dealkylation sites (tertiary alicyclic amines) is 1. The van der Waals surface area contributed by atoms with Crippen LogP contribution in [0.25, 0.3) is 0 Å². The molecular weight excluding hydrogens is 350 g/mol. The number of benzene rings is 2. The Balaban J connectivity index is 1.62. The quantitative estimate of drug-likeness (QED) is 0.746. The first-order valence-corrected chi connectivity index (χ1v) is 9.15. The number of ketones is 1. The molecule has 26 heavy (non-hydrogen) atoms. The molecule has 1 amide bonds. The van der Waals surface area contributed by atoms with Gasteiger partial charge in [-0.1, -0.05) is 23.7 Å². The summed E-state index contributed by atoms with van der Waals surface area (Å²) in [6.07, 6.45) is 2.00. The highest BCUT2D eigenvalue weighted by Gasteiger charge is 2.28. The van der Waals surface area contributed by atoms with Crippen molar-refractivity contribution in [2.45, 2.75) is 19.3 Å². The number of rotatable bonds is 5. The van der Waals surface area contributed by atoms with E-state index in [1.807, 2.05) is 29.2 Å². The minimum atomic E-state index is -0.148. The van der Waals surface area contributed by atoms with E-state index in [0.29, 0.717) is 30.1 Å². The number of nitrogens with zero attached hydrogens (tertiary/aromatic N) is 1. The van der Waals surface area contributed by atoms with E-state index in [1.165, 1.54) is 0 Å². The first-order valence-electron chi connectivity index (χ1n) is 8.77. The molecule has 136 valence electrons. The van der Waals surface area contributed by atoms with Crippen LogP contribution in [-0.2, 0) is 11.2 Å². The first-order chi connectivity index (χ1) is 12.6. The smallest absolute Gasteiger partial charge is 0.227 e. The van der Waals surface area contributed by atoms with E-state index < -0.39 is 0 Å². The summed E-state index contributed by atoms with van der Waals surface area (Å²) in [4.78, 5) is 27.2. The maximum atomic E-state index is 12.7. The van der Waals surface area contributed by atoms with Crippen molar-refractivity contribution in [1.82, 2.24) is 4.90 Å². The summed E-state index contributed by atoms with van der Waals surface area (Å²) >= 11 is 5.89. The van der Waals surface area contributed by atoms with Crippen molar-refractivity contribution in [2.75, 3.05) is 20.2 Å². The summed E-state index contributed by atoms with van der Waals surface area (Å²) in [6.45, 7) is 1.19. The maximum absolute atomic E-state index is 12.7. The second kappa shape index (κ2) is 8.37. The highest BCUT2D eigenvalue weighted by molar-refractivity contribution is 6.30. The third kappa shape index (κ3) is 4.44. The van der Waals surface area contributed by atoms with Crippen molar-refractivity contribution in [3.63, 3.8) is 0 Å². The predicted octanol–water partition coefficient (Wildman–Crippen LogP) is 4.01. The Labute approximate surface area is 158 Å². The zero-order chi connectivity index (χ0) is 18.5. The van der Waals surface area contributed by atoms with Crippen molar-refractivity contribution in [3.05, 3.63) is 64.7 Å². The lowest BCUT2D eigenvalue weighted by molar-refractivity contribution is -0.131. The third-order valence-corrected chi connectivity index (χ3v) is 5.04. The molecule has 1 unspecified atom stereocenters. The Morgan fingerprint density at radius 2 is 1.81 bits per heavy atom. The molecule has 0 aliphatic carbocycles. The molecule has 0 aromatic heterocycles. The van der Waals surface area contributed by atoms with Gasteiger partial charge in [-0.05, 0) is 54.8 Å². The van der Waals surface area contributed by atoms with E-state index in [0.717, 1.165) is 24.2 Å². The number of hydrogen-bond acceptors (Lipinski definition) is 3. The summed E-state index contributed by atoms with van der Waals surface area (Å²) in [7, 11) is 1.62. The van der Waals surface area contributed by atoms with E-state index in [4.69, 9.17) is 16.3 Å². The van der Waals surface area contributed by atoms with E-state index in [-0.39, 0.29) is 17.6 Å². The van der Waals surface area contributed by atoms with Crippen LogP contribution in [0.4, 0.5) is 0 Å². The van der Waals surface area contributed by atoms with Gasteiger partial charge in [0.1, 0.15) is 5.75 Å². The van der Waals surface area contributed by atoms with Gasteiger partial charge >= 0.3 is 0 Å². The number of carbonyl (C=O) groups excluding carboxylic acids is 2. The van der Waals surface area contributed by atoms with Gasteiger partial charge in [-0.15, -0.1) is 0 Å². The van der Waals surface area contributed by atoms with Crippen LogP contribution < -0.4 is 4.74 Å². The summed E-state index contributed by atoms with van der Waals surface area (Å²) in [5, 5.41) is 0.612. The van der Waals surface area contributed by atoms with Crippen molar-refractivity contribution < 1.29 is 14.3 Å². The van der Waals surface area contributed by atoms with E-state index >= 15 is 0 Å². The Morgan fingerprint density at radius 1 is 1.12 bits per heavy atom. The molecule has 0 radical (unpaired) electrons. The summed E-state index contributed by atoms with van der Waals surface area (Å²) < 4.78 is 5.14. The minimum absolute atomic E-state index is 0.0590. The molecular formula is C21H22ClNO3. The van der Waals surface area contributed by atoms with Crippen LogP contribution in [-0.4, -0.2) is 36.8 Å². The monoisotopic (exact) mass is 371 g/mol. The fourth-order valence-corrected chi connectivity index (χ4v) is 3.42. The molecule has 1 saturated heterocycles. The minimum Gasteiger partial charge on any atom is -0.497 e. The van der Waals surface area contributed by atoms with Crippen LogP contribution in [0.2, 0.25) is 5.02 Å². The van der Waals surface area contributed by atoms with Crippen molar-refractivity contribution in [3.8, 4) is 5.75 Å². The van der Waals surface area contributed by atoms with Crippen LogP contribution >= 0.6 is 11.6 Å². The van der Waals surface area contributed by atoms with Crippen molar-refractivity contribution >= 4 is 23.3 Å². The molecule has 5 heteroatoms. The lowest BCUT2D eigenvalue weighted by Crippen LogP contribution is -2.43. The summed E-state index contributed by atoms with van der Waals surface area (Å²) in [6, 6.07) is 14.5. The number of hydrogen-bond donors (Lipinski definition) is 0. The van der Waals surface area contributed by atoms with Gasteiger partial charge in [0, 0.05) is 29.6 Å². The van der Waals surface area contributed by atoms with Gasteiger partial charge in [-0.25, -0.2) is 0 Å². The molecule has 4 nitrogen and oxygen atoms in total. The van der Waals surface area contributed by atoms with E-state index in [9.17, 15) is 9.59 Å². The fourth-order valence-electron chi connectivity index (χ4n) is 3.30. The SMILES string of the molecule is COc1ccc(CC(=O)N2CCCC(C(=O)c3ccc(Cl)cc3)C2)cc1. The molecule has 2 aromatic carbocycles. The van der Waals surface area contributed by atoms with Gasteiger partial charge in [-0.2, -0.15) is 0 Å². The number of carbonyl (C=O) groups is 2. The van der Waals surface area contributed by atoms with Crippen LogP contribution in [0.5, 0.6) is 5.75 Å². The van der Waals surface area contributed by atoms with Gasteiger partial charge in [-0.3, -0.25) is 9.59 Å². The van der Waals surface area contributed by atoms with E-state index in [1.54, 1.807) is 31.4 Å². The Kier molecular flexibility index (Phi) is 5.94. The summed E-state index contributed by atoms with van der Waals surface area (Å²) in [5.74, 6) is 0.768. The number of ether oxygens (including phenoxy) is 1. The van der Waals surface area contributed by atoms with Gasteiger partial charge in [0.15, 0.2) is 5.78 Å². The highest BCUT2D eigenvalue weighted by atomic mass is 35.5. The molecule has 1 heterocycles. The van der Waals surface area contributed by atoms with Crippen LogP contribution in [0.1, 0.15) is 28.8 Å². The number of Topliss-reactive ketones (excluding diaryl/α,β-unsaturated/α-hetero) is 1. The molecule has 0 saturated carbocycles. The number of halogens is 1. The number of piperidine rings is 1. The Morgan fingerprint density at radius 3 is 2.46 bits per heavy atom. The van der Waals surface area contributed by atoms with Crippen LogP contribution in [0, 0.1) is 5.92 Å². The zero-order valence-corrected chi connectivity index (χ0v) is 15.5. The Bertz CT molecular complexity index is 771. The average Bonchev–Trinajstić information content (AvgIpc) is 2.68. The van der Waals surface area contributed by atoms with Crippen molar-refractivity contribution in [2.24, 2.45) is 5.92 Å². The topological polar surface area (TPSA) is 46.6 Å². The second-order valence-electron chi connectivity index (χ2n) is 6.57. The molecule has 0 spiro atoms. The lowest BCUT2D eigenvalue weighted by Gasteiger charge is -2.32. The van der Waals surface area contributed by atoms with Crippen molar-refractivity contribution in [1.29, 1.82) is 0 Å². The van der Waals surface area contributed by atoms with Crippen LogP contribution in [0.3, 0.4) is 0 Å². The molecule has 1 aliphatic rings. The molecule has 1 fully saturated rings. The predicted molar refractivity (Wildman–Crippen MR) is 102 cm³/mol. The zero-order valence-electron chi connectivity index (χ0n) is 14.8. The normalized spacial score (nSPS) is 17.0. The Hall–Kier alpha value is -2.33. The highest BCUT2D eigenvalue weighted by Crippen LogP contribution is 2.23. The first kappa shape index (κ1) is 18.5. The molecule has 1 aliphatic heterocycles. The summed E-state index contributed by atoms with van der Waals surface area (Å²) in [5.41, 5.74) is 1.60. The molecule has 3 rings (SSSR count). The molecule has 1 atom stereocenters. The van der Waals surface area contributed by atoms with E-state index in [2.05, 4.69) is 0 Å². The standard InChI is InChI=1S/C21H22ClNO3/c1-26-19-10-4-15(5-11-19)13-20(24)23-12-2-3-17(14-23)21(25)16-6-8-18(22)9-7-16/h4-11,17H,2-3,12-14H2,1H3. The maximum Gasteiger partial charge on any atom is 0.227 e. The molecule has 0 N–H and O–H groups in total. The molecule has 2 aromatic rings. The van der Waals surface area contributed by atoms with Crippen LogP contribution in [0.15, 0.2) is 48.5 Å². The van der Waals surface area contributed by atoms with Gasteiger partial charge in [0.2, 0.25) is 5.91 Å². The molecule has 0 bridgehead atoms. The number of methoxy groups -OCH3 is 1. The lowest BCUT2D eigenvalue weighted by atomic mass is 9.89. The second-order valence-corrected chi connectivity index (χ2v) is 7.01. The average molecular weight is 372 g/mol. The number of amides is 1. The largest absolute Gasteiger partial charge is 0.497 e. The van der Waals surface area contributed by atoms with Gasteiger partial charge in [0.05, 0.1) is 13.5 Å². The third-order valence-electron chi connectivity index (χ3n) is 4.79. The van der Waals surface area contributed by atoms with Gasteiger partial charge < -0.3 is 9.64 Å².